The number of tetrazole rings is 1. The summed E-state index contributed by atoms with van der Waals surface area (Å²) in [5.41, 5.74) is 1.22. The Morgan fingerprint density at radius 3 is 2.55 bits per heavy atom. The van der Waals surface area contributed by atoms with Crippen molar-refractivity contribution in [3.05, 3.63) is 53.9 Å². The fourth-order valence-corrected chi connectivity index (χ4v) is 2.64. The Morgan fingerprint density at radius 1 is 1.09 bits per heavy atom. The lowest BCUT2D eigenvalue weighted by molar-refractivity contribution is 0.339. The first kappa shape index (κ1) is 14.7. The van der Waals surface area contributed by atoms with Gasteiger partial charge in [-0.3, -0.25) is 0 Å². The third-order valence-corrected chi connectivity index (χ3v) is 3.82. The standard InChI is InChI=1S/C17H21N5/c1-13-18-20-22(19-13)17(10-11-21(2)3)16-9-8-14-6-4-5-7-15(14)12-16/h4-9,12,17H,10-11H2,1-3H3. The summed E-state index contributed by atoms with van der Waals surface area (Å²) in [4.78, 5) is 3.92. The molecule has 0 amide bonds. The van der Waals surface area contributed by atoms with E-state index in [-0.39, 0.29) is 6.04 Å². The fourth-order valence-electron chi connectivity index (χ4n) is 2.64. The normalized spacial score (nSPS) is 12.9. The van der Waals surface area contributed by atoms with E-state index in [0.29, 0.717) is 5.82 Å². The van der Waals surface area contributed by atoms with Gasteiger partial charge in [0.25, 0.3) is 0 Å². The minimum atomic E-state index is 0.105. The summed E-state index contributed by atoms with van der Waals surface area (Å²) in [6.07, 6.45) is 0.946. The van der Waals surface area contributed by atoms with Crippen molar-refractivity contribution >= 4 is 10.8 Å². The molecule has 5 nitrogen and oxygen atoms in total. The molecule has 1 unspecified atom stereocenters. The van der Waals surface area contributed by atoms with Gasteiger partial charge in [-0.05, 0) is 61.6 Å². The first-order valence-electron chi connectivity index (χ1n) is 7.53. The maximum Gasteiger partial charge on any atom is 0.171 e. The highest BCUT2D eigenvalue weighted by molar-refractivity contribution is 5.83. The van der Waals surface area contributed by atoms with E-state index in [9.17, 15) is 0 Å². The van der Waals surface area contributed by atoms with Gasteiger partial charge in [0.05, 0.1) is 6.04 Å². The van der Waals surface area contributed by atoms with Crippen molar-refractivity contribution in [2.24, 2.45) is 0 Å². The Morgan fingerprint density at radius 2 is 1.86 bits per heavy atom. The summed E-state index contributed by atoms with van der Waals surface area (Å²) in [5.74, 6) is 0.704. The average molecular weight is 295 g/mol. The maximum absolute atomic E-state index is 4.42. The van der Waals surface area contributed by atoms with Crippen LogP contribution >= 0.6 is 0 Å². The smallest absolute Gasteiger partial charge is 0.171 e. The second-order valence-corrected chi connectivity index (χ2v) is 5.87. The second-order valence-electron chi connectivity index (χ2n) is 5.87. The molecule has 0 fully saturated rings. The molecule has 0 saturated carbocycles. The van der Waals surface area contributed by atoms with Crippen molar-refractivity contribution in [2.75, 3.05) is 20.6 Å². The van der Waals surface area contributed by atoms with Crippen molar-refractivity contribution < 1.29 is 0 Å². The molecule has 0 radical (unpaired) electrons. The van der Waals surface area contributed by atoms with Gasteiger partial charge in [0.2, 0.25) is 0 Å². The van der Waals surface area contributed by atoms with Crippen LogP contribution in [0.4, 0.5) is 0 Å². The number of aryl methyl sites for hydroxylation is 1. The molecule has 0 spiro atoms. The molecular formula is C17H21N5. The number of hydrogen-bond donors (Lipinski definition) is 0. The highest BCUT2D eigenvalue weighted by atomic mass is 15.6. The van der Waals surface area contributed by atoms with Gasteiger partial charge in [-0.2, -0.15) is 4.80 Å². The van der Waals surface area contributed by atoms with Gasteiger partial charge in [-0.25, -0.2) is 0 Å². The highest BCUT2D eigenvalue weighted by Gasteiger charge is 2.17. The molecule has 0 aliphatic rings. The van der Waals surface area contributed by atoms with Crippen LogP contribution in [0, 0.1) is 6.92 Å². The minimum absolute atomic E-state index is 0.105. The molecule has 1 heterocycles. The average Bonchev–Trinajstić information content (AvgIpc) is 2.93. The zero-order chi connectivity index (χ0) is 15.5. The van der Waals surface area contributed by atoms with Gasteiger partial charge < -0.3 is 4.90 Å². The van der Waals surface area contributed by atoms with Crippen LogP contribution in [-0.2, 0) is 0 Å². The van der Waals surface area contributed by atoms with Crippen LogP contribution in [0.15, 0.2) is 42.5 Å². The number of hydrogen-bond acceptors (Lipinski definition) is 4. The molecule has 1 atom stereocenters. The zero-order valence-electron chi connectivity index (χ0n) is 13.3. The van der Waals surface area contributed by atoms with E-state index in [1.54, 1.807) is 4.80 Å². The molecular weight excluding hydrogens is 274 g/mol. The monoisotopic (exact) mass is 295 g/mol. The van der Waals surface area contributed by atoms with Crippen LogP contribution in [0.1, 0.15) is 23.9 Å². The third kappa shape index (κ3) is 3.14. The van der Waals surface area contributed by atoms with E-state index < -0.39 is 0 Å². The van der Waals surface area contributed by atoms with E-state index in [2.05, 4.69) is 76.9 Å². The number of rotatable bonds is 5. The van der Waals surface area contributed by atoms with E-state index in [1.807, 2.05) is 6.92 Å². The van der Waals surface area contributed by atoms with Gasteiger partial charge >= 0.3 is 0 Å². The summed E-state index contributed by atoms with van der Waals surface area (Å²) in [6, 6.07) is 15.1. The van der Waals surface area contributed by atoms with Gasteiger partial charge in [0, 0.05) is 0 Å². The third-order valence-electron chi connectivity index (χ3n) is 3.82. The van der Waals surface area contributed by atoms with E-state index in [4.69, 9.17) is 0 Å². The van der Waals surface area contributed by atoms with E-state index >= 15 is 0 Å². The van der Waals surface area contributed by atoms with Crippen LogP contribution in [0.3, 0.4) is 0 Å². The molecule has 3 aromatic rings. The van der Waals surface area contributed by atoms with Gasteiger partial charge in [-0.15, -0.1) is 10.2 Å². The SMILES string of the molecule is Cc1nnn(C(CCN(C)C)c2ccc3ccccc3c2)n1. The molecule has 0 N–H and O–H groups in total. The van der Waals surface area contributed by atoms with E-state index in [0.717, 1.165) is 13.0 Å². The first-order chi connectivity index (χ1) is 10.6. The molecule has 0 aliphatic carbocycles. The molecule has 114 valence electrons. The second kappa shape index (κ2) is 6.23. The highest BCUT2D eigenvalue weighted by Crippen LogP contribution is 2.24. The fraction of sp³-hybridized carbons (Fsp3) is 0.353. The van der Waals surface area contributed by atoms with Gasteiger partial charge in [0.1, 0.15) is 0 Å². The minimum Gasteiger partial charge on any atom is -0.309 e. The molecule has 0 aliphatic heterocycles. The summed E-state index contributed by atoms with van der Waals surface area (Å²) in [7, 11) is 4.16. The Kier molecular flexibility index (Phi) is 4.15. The number of benzene rings is 2. The Bertz CT molecular complexity index is 762. The molecule has 1 aromatic heterocycles. The first-order valence-corrected chi connectivity index (χ1v) is 7.53. The molecule has 5 heteroatoms. The van der Waals surface area contributed by atoms with Crippen LogP contribution in [-0.4, -0.2) is 45.7 Å². The largest absolute Gasteiger partial charge is 0.309 e. The Labute approximate surface area is 130 Å². The van der Waals surface area contributed by atoms with Gasteiger partial charge in [-0.1, -0.05) is 36.4 Å². The lowest BCUT2D eigenvalue weighted by Crippen LogP contribution is -2.21. The molecule has 0 bridgehead atoms. The Balaban J connectivity index is 1.98. The number of nitrogens with zero attached hydrogens (tertiary/aromatic N) is 5. The molecule has 2 aromatic carbocycles. The van der Waals surface area contributed by atoms with Crippen LogP contribution in [0.5, 0.6) is 0 Å². The van der Waals surface area contributed by atoms with Crippen molar-refractivity contribution in [1.82, 2.24) is 25.1 Å². The van der Waals surface area contributed by atoms with Gasteiger partial charge in [0.15, 0.2) is 5.82 Å². The van der Waals surface area contributed by atoms with Crippen LogP contribution < -0.4 is 0 Å². The van der Waals surface area contributed by atoms with E-state index in [1.165, 1.54) is 16.3 Å². The predicted octanol–water partition coefficient (Wildman–Crippen LogP) is 2.68. The number of fused-ring (bicyclic) bond motifs is 1. The van der Waals surface area contributed by atoms with Crippen LogP contribution in [0.25, 0.3) is 10.8 Å². The quantitative estimate of drug-likeness (QED) is 0.726. The van der Waals surface area contributed by atoms with Crippen molar-refractivity contribution in [1.29, 1.82) is 0 Å². The van der Waals surface area contributed by atoms with Crippen molar-refractivity contribution in [3.63, 3.8) is 0 Å². The number of aromatic nitrogens is 4. The molecule has 3 rings (SSSR count). The zero-order valence-corrected chi connectivity index (χ0v) is 13.3. The summed E-state index contributed by atoms with van der Waals surface area (Å²) in [5, 5.41) is 15.1. The van der Waals surface area contributed by atoms with Crippen molar-refractivity contribution in [3.8, 4) is 0 Å². The summed E-state index contributed by atoms with van der Waals surface area (Å²) in [6.45, 7) is 2.84. The summed E-state index contributed by atoms with van der Waals surface area (Å²) >= 11 is 0. The summed E-state index contributed by atoms with van der Waals surface area (Å²) < 4.78 is 0. The lowest BCUT2D eigenvalue weighted by Gasteiger charge is -2.19. The van der Waals surface area contributed by atoms with Crippen LogP contribution in [0.2, 0.25) is 0 Å². The molecule has 22 heavy (non-hydrogen) atoms. The Hall–Kier alpha value is -2.27. The molecule has 0 saturated heterocycles. The topological polar surface area (TPSA) is 46.8 Å². The maximum atomic E-state index is 4.42. The lowest BCUT2D eigenvalue weighted by atomic mass is 10.00. The van der Waals surface area contributed by atoms with Crippen molar-refractivity contribution in [2.45, 2.75) is 19.4 Å². The predicted molar refractivity (Wildman–Crippen MR) is 87.8 cm³/mol.